The molecule has 0 radical (unpaired) electrons. The molecule has 3 heteroatoms. The smallest absolute Gasteiger partial charge is 0.314 e. The molecule has 0 aromatic rings. The second-order valence-electron chi connectivity index (χ2n) is 12.6. The number of esters is 1. The van der Waals surface area contributed by atoms with Gasteiger partial charge in [-0.2, -0.15) is 0 Å². The summed E-state index contributed by atoms with van der Waals surface area (Å²) in [5, 5.41) is 0. The van der Waals surface area contributed by atoms with Crippen LogP contribution in [0, 0.1) is 27.6 Å². The van der Waals surface area contributed by atoms with Gasteiger partial charge in [0.15, 0.2) is 0 Å². The summed E-state index contributed by atoms with van der Waals surface area (Å²) in [7, 11) is 0. The average molecular weight is 395 g/mol. The van der Waals surface area contributed by atoms with Crippen molar-refractivity contribution in [3.05, 3.63) is 0 Å². The molecule has 0 heterocycles. The minimum atomic E-state index is -0.427. The summed E-state index contributed by atoms with van der Waals surface area (Å²) in [4.78, 5) is 13.3. The van der Waals surface area contributed by atoms with Crippen LogP contribution in [0.4, 0.5) is 0 Å². The van der Waals surface area contributed by atoms with Gasteiger partial charge in [-0.15, -0.1) is 0 Å². The van der Waals surface area contributed by atoms with Gasteiger partial charge in [0.2, 0.25) is 6.29 Å². The fourth-order valence-electron chi connectivity index (χ4n) is 5.05. The first-order chi connectivity index (χ1) is 12.7. The molecular formula is C25H46O3. The highest BCUT2D eigenvalue weighted by atomic mass is 16.7. The first kappa shape index (κ1) is 23.7. The fourth-order valence-corrected chi connectivity index (χ4v) is 5.05. The first-order valence-corrected chi connectivity index (χ1v) is 11.6. The summed E-state index contributed by atoms with van der Waals surface area (Å²) in [6.07, 6.45) is 9.96. The molecule has 0 N–H and O–H groups in total. The third-order valence-corrected chi connectivity index (χ3v) is 6.71. The predicted molar refractivity (Wildman–Crippen MR) is 116 cm³/mol. The maximum atomic E-state index is 13.3. The highest BCUT2D eigenvalue weighted by molar-refractivity contribution is 5.82. The summed E-state index contributed by atoms with van der Waals surface area (Å²) >= 11 is 0. The normalized spacial score (nSPS) is 26.7. The molecule has 2 saturated carbocycles. The second kappa shape index (κ2) is 8.66. The first-order valence-electron chi connectivity index (χ1n) is 11.6. The van der Waals surface area contributed by atoms with Gasteiger partial charge in [-0.05, 0) is 41.4 Å². The lowest BCUT2D eigenvalue weighted by molar-refractivity contribution is -0.194. The molecule has 2 atom stereocenters. The van der Waals surface area contributed by atoms with Gasteiger partial charge < -0.3 is 9.47 Å². The number of rotatable bonds is 8. The maximum absolute atomic E-state index is 13.3. The van der Waals surface area contributed by atoms with E-state index >= 15 is 0 Å². The van der Waals surface area contributed by atoms with Gasteiger partial charge in [-0.3, -0.25) is 4.79 Å². The summed E-state index contributed by atoms with van der Waals surface area (Å²) < 4.78 is 12.2. The molecule has 0 bridgehead atoms. The number of ether oxygens (including phenoxy) is 2. The summed E-state index contributed by atoms with van der Waals surface area (Å²) in [6, 6.07) is 0. The van der Waals surface area contributed by atoms with Gasteiger partial charge in [0.1, 0.15) is 0 Å². The Balaban J connectivity index is 1.97. The van der Waals surface area contributed by atoms with Crippen LogP contribution in [0.5, 0.6) is 0 Å². The van der Waals surface area contributed by atoms with E-state index in [9.17, 15) is 4.79 Å². The lowest BCUT2D eigenvalue weighted by Gasteiger charge is -2.31. The number of carbonyl (C=O) groups excluding carboxylic acids is 1. The Morgan fingerprint density at radius 1 is 1.00 bits per heavy atom. The topological polar surface area (TPSA) is 35.5 Å². The molecule has 2 fully saturated rings. The monoisotopic (exact) mass is 394 g/mol. The molecular weight excluding hydrogens is 348 g/mol. The zero-order valence-electron chi connectivity index (χ0n) is 20.0. The highest BCUT2D eigenvalue weighted by Gasteiger charge is 2.68. The van der Waals surface area contributed by atoms with Crippen molar-refractivity contribution in [3.63, 3.8) is 0 Å². The third-order valence-electron chi connectivity index (χ3n) is 6.71. The van der Waals surface area contributed by atoms with Crippen molar-refractivity contribution in [2.45, 2.75) is 119 Å². The van der Waals surface area contributed by atoms with Crippen LogP contribution in [-0.2, 0) is 14.3 Å². The molecule has 2 unspecified atom stereocenters. The van der Waals surface area contributed by atoms with Crippen molar-refractivity contribution in [1.82, 2.24) is 0 Å². The van der Waals surface area contributed by atoms with E-state index in [-0.39, 0.29) is 27.6 Å². The summed E-state index contributed by atoms with van der Waals surface area (Å²) in [5.74, 6) is 0.744. The van der Waals surface area contributed by atoms with Crippen LogP contribution in [0.2, 0.25) is 0 Å². The van der Waals surface area contributed by atoms with E-state index in [2.05, 4.69) is 55.4 Å². The molecule has 2 aliphatic carbocycles. The Morgan fingerprint density at radius 2 is 1.57 bits per heavy atom. The lowest BCUT2D eigenvalue weighted by atomic mass is 9.79. The Bertz CT molecular complexity index is 517. The predicted octanol–water partition coefficient (Wildman–Crippen LogP) is 7.13. The van der Waals surface area contributed by atoms with E-state index < -0.39 is 6.29 Å². The van der Waals surface area contributed by atoms with Crippen LogP contribution in [0.1, 0.15) is 113 Å². The van der Waals surface area contributed by atoms with Crippen molar-refractivity contribution in [1.29, 1.82) is 0 Å². The van der Waals surface area contributed by atoms with Crippen LogP contribution in [0.15, 0.2) is 0 Å². The molecule has 0 aromatic carbocycles. The maximum Gasteiger partial charge on any atom is 0.314 e. The van der Waals surface area contributed by atoms with E-state index in [1.54, 1.807) is 0 Å². The summed E-state index contributed by atoms with van der Waals surface area (Å²) in [6.45, 7) is 18.3. The molecule has 2 aliphatic rings. The standard InChI is InChI=1S/C25H46O3/c1-22(2,3)16-20(27-15-14-19-12-10-9-11-13-19)28-21(26)25(17-23(4,5)6)18-24(25,7)8/h19-20H,9-18H2,1-8H3. The quantitative estimate of drug-likeness (QED) is 0.324. The van der Waals surface area contributed by atoms with Gasteiger partial charge in [-0.25, -0.2) is 0 Å². The van der Waals surface area contributed by atoms with Gasteiger partial charge in [0.25, 0.3) is 0 Å². The van der Waals surface area contributed by atoms with Gasteiger partial charge in [0.05, 0.1) is 12.0 Å². The second-order valence-corrected chi connectivity index (χ2v) is 12.6. The van der Waals surface area contributed by atoms with Crippen molar-refractivity contribution in [2.75, 3.05) is 6.61 Å². The van der Waals surface area contributed by atoms with Crippen LogP contribution in [0.25, 0.3) is 0 Å². The lowest BCUT2D eigenvalue weighted by Crippen LogP contribution is -2.34. The average Bonchev–Trinajstić information content (AvgIpc) is 3.06. The van der Waals surface area contributed by atoms with E-state index in [1.807, 2.05) is 0 Å². The van der Waals surface area contributed by atoms with E-state index in [0.29, 0.717) is 6.61 Å². The van der Waals surface area contributed by atoms with Crippen molar-refractivity contribution < 1.29 is 14.3 Å². The molecule has 3 nitrogen and oxygen atoms in total. The molecule has 28 heavy (non-hydrogen) atoms. The van der Waals surface area contributed by atoms with Crippen LogP contribution < -0.4 is 0 Å². The zero-order chi connectivity index (χ0) is 21.2. The van der Waals surface area contributed by atoms with Crippen molar-refractivity contribution in [3.8, 4) is 0 Å². The van der Waals surface area contributed by atoms with E-state index in [1.165, 1.54) is 32.1 Å². The van der Waals surface area contributed by atoms with Crippen LogP contribution >= 0.6 is 0 Å². The largest absolute Gasteiger partial charge is 0.435 e. The Kier molecular flexibility index (Phi) is 7.33. The molecule has 164 valence electrons. The Hall–Kier alpha value is -0.570. The Labute approximate surface area is 174 Å². The van der Waals surface area contributed by atoms with E-state index in [0.717, 1.165) is 31.6 Å². The van der Waals surface area contributed by atoms with Crippen LogP contribution in [0.3, 0.4) is 0 Å². The third kappa shape index (κ3) is 6.75. The SMILES string of the molecule is CC(C)(C)CC(OCCC1CCCCC1)OC(=O)C1(CC(C)(C)C)CC1(C)C. The molecule has 0 amide bonds. The zero-order valence-corrected chi connectivity index (χ0v) is 20.0. The highest BCUT2D eigenvalue weighted by Crippen LogP contribution is 2.68. The number of hydrogen-bond donors (Lipinski definition) is 0. The van der Waals surface area contributed by atoms with Gasteiger partial charge >= 0.3 is 5.97 Å². The minimum Gasteiger partial charge on any atom is -0.435 e. The van der Waals surface area contributed by atoms with Crippen LogP contribution in [-0.4, -0.2) is 18.9 Å². The minimum absolute atomic E-state index is 0.0196. The number of carbonyl (C=O) groups is 1. The van der Waals surface area contributed by atoms with Gasteiger partial charge in [0, 0.05) is 6.42 Å². The molecule has 0 saturated heterocycles. The van der Waals surface area contributed by atoms with Crippen molar-refractivity contribution >= 4 is 5.97 Å². The van der Waals surface area contributed by atoms with Crippen molar-refractivity contribution in [2.24, 2.45) is 27.6 Å². The molecule has 0 aliphatic heterocycles. The van der Waals surface area contributed by atoms with Gasteiger partial charge in [-0.1, -0.05) is 87.5 Å². The summed E-state index contributed by atoms with van der Waals surface area (Å²) in [5.41, 5.74) is -0.167. The molecule has 0 aromatic heterocycles. The molecule has 0 spiro atoms. The number of hydrogen-bond acceptors (Lipinski definition) is 3. The molecule has 2 rings (SSSR count). The Morgan fingerprint density at radius 3 is 2.04 bits per heavy atom. The van der Waals surface area contributed by atoms with E-state index in [4.69, 9.17) is 9.47 Å². The fraction of sp³-hybridized carbons (Fsp3) is 0.960.